The molecular formula is C20H22N2O4S. The van der Waals surface area contributed by atoms with Crippen LogP contribution in [0.25, 0.3) is 0 Å². The van der Waals surface area contributed by atoms with Gasteiger partial charge in [-0.15, -0.1) is 0 Å². The zero-order valence-corrected chi connectivity index (χ0v) is 16.1. The van der Waals surface area contributed by atoms with E-state index in [-0.39, 0.29) is 29.8 Å². The van der Waals surface area contributed by atoms with E-state index in [0.717, 1.165) is 17.4 Å². The van der Waals surface area contributed by atoms with Crippen LogP contribution in [0.3, 0.4) is 0 Å². The van der Waals surface area contributed by atoms with Crippen molar-refractivity contribution in [1.82, 2.24) is 9.80 Å². The van der Waals surface area contributed by atoms with Crippen molar-refractivity contribution in [2.24, 2.45) is 0 Å². The summed E-state index contributed by atoms with van der Waals surface area (Å²) in [5.74, 6) is -0.212. The first-order chi connectivity index (χ1) is 12.8. The molecule has 1 heterocycles. The number of piperazine rings is 1. The molecule has 1 aliphatic rings. The normalized spacial score (nSPS) is 18.1. The van der Waals surface area contributed by atoms with Gasteiger partial charge in [0.25, 0.3) is 0 Å². The first-order valence-electron chi connectivity index (χ1n) is 8.63. The van der Waals surface area contributed by atoms with Gasteiger partial charge < -0.3 is 9.80 Å². The van der Waals surface area contributed by atoms with E-state index in [2.05, 4.69) is 0 Å². The molecule has 142 valence electrons. The van der Waals surface area contributed by atoms with Gasteiger partial charge in [0, 0.05) is 26.3 Å². The van der Waals surface area contributed by atoms with Crippen LogP contribution < -0.4 is 0 Å². The van der Waals surface area contributed by atoms with Crippen molar-refractivity contribution in [2.75, 3.05) is 19.8 Å². The van der Waals surface area contributed by atoms with Crippen LogP contribution in [0.1, 0.15) is 11.1 Å². The summed E-state index contributed by atoms with van der Waals surface area (Å²) >= 11 is 0. The number of rotatable bonds is 5. The number of likely N-dealkylation sites (N-methyl/N-ethyl adjacent to an activating group) is 1. The fraction of sp³-hybridized carbons (Fsp3) is 0.300. The largest absolute Gasteiger partial charge is 0.335 e. The molecule has 6 nitrogen and oxygen atoms in total. The summed E-state index contributed by atoms with van der Waals surface area (Å²) < 4.78 is 23.2. The summed E-state index contributed by atoms with van der Waals surface area (Å²) in [6.45, 7) is 0.311. The number of carbonyl (C=O) groups is 2. The molecular weight excluding hydrogens is 364 g/mol. The Morgan fingerprint density at radius 3 is 2.19 bits per heavy atom. The number of nitrogens with zero attached hydrogens (tertiary/aromatic N) is 2. The minimum atomic E-state index is -3.27. The Labute approximate surface area is 159 Å². The van der Waals surface area contributed by atoms with E-state index in [1.807, 2.05) is 30.3 Å². The summed E-state index contributed by atoms with van der Waals surface area (Å²) in [4.78, 5) is 28.6. The monoisotopic (exact) mass is 386 g/mol. The molecule has 0 aliphatic carbocycles. The van der Waals surface area contributed by atoms with E-state index >= 15 is 0 Å². The van der Waals surface area contributed by atoms with Crippen LogP contribution in [0.2, 0.25) is 0 Å². The molecule has 2 aromatic rings. The lowest BCUT2D eigenvalue weighted by atomic mass is 10.0. The third-order valence-electron chi connectivity index (χ3n) is 4.71. The van der Waals surface area contributed by atoms with Gasteiger partial charge in [0.15, 0.2) is 9.84 Å². The molecule has 3 rings (SSSR count). The third kappa shape index (κ3) is 4.36. The molecule has 0 saturated carbocycles. The number of hydrogen-bond donors (Lipinski definition) is 0. The molecule has 2 aromatic carbocycles. The fourth-order valence-electron chi connectivity index (χ4n) is 3.21. The Morgan fingerprint density at radius 1 is 0.963 bits per heavy atom. The van der Waals surface area contributed by atoms with E-state index in [9.17, 15) is 18.0 Å². The minimum Gasteiger partial charge on any atom is -0.335 e. The Morgan fingerprint density at radius 2 is 1.59 bits per heavy atom. The predicted octanol–water partition coefficient (Wildman–Crippen LogP) is 1.50. The van der Waals surface area contributed by atoms with E-state index in [1.54, 1.807) is 24.1 Å². The van der Waals surface area contributed by atoms with Crippen molar-refractivity contribution >= 4 is 21.7 Å². The molecule has 1 saturated heterocycles. The van der Waals surface area contributed by atoms with Gasteiger partial charge in [-0.25, -0.2) is 8.42 Å². The Bertz CT molecular complexity index is 940. The lowest BCUT2D eigenvalue weighted by Gasteiger charge is -2.39. The summed E-state index contributed by atoms with van der Waals surface area (Å²) in [6, 6.07) is 15.4. The standard InChI is InChI=1S/C20H22N2O4S/c1-21-14-19(23)22(13-16-8-10-17(11-9-16)27(2,25)26)18(20(21)24)12-15-6-4-3-5-7-15/h3-11,18H,12-14H2,1-2H3/t18-/m0/s1. The smallest absolute Gasteiger partial charge is 0.245 e. The highest BCUT2D eigenvalue weighted by molar-refractivity contribution is 7.90. The highest BCUT2D eigenvalue weighted by atomic mass is 32.2. The predicted molar refractivity (Wildman–Crippen MR) is 102 cm³/mol. The van der Waals surface area contributed by atoms with Crippen molar-refractivity contribution in [1.29, 1.82) is 0 Å². The number of sulfone groups is 1. The maximum Gasteiger partial charge on any atom is 0.245 e. The highest BCUT2D eigenvalue weighted by Crippen LogP contribution is 2.20. The maximum absolute atomic E-state index is 12.7. The molecule has 0 radical (unpaired) electrons. The van der Waals surface area contributed by atoms with E-state index in [1.165, 1.54) is 17.0 Å². The molecule has 1 atom stereocenters. The van der Waals surface area contributed by atoms with Gasteiger partial charge in [0.05, 0.1) is 11.4 Å². The van der Waals surface area contributed by atoms with E-state index in [4.69, 9.17) is 0 Å². The Kier molecular flexibility index (Phi) is 5.32. The number of amides is 2. The van der Waals surface area contributed by atoms with Crippen molar-refractivity contribution in [3.05, 3.63) is 65.7 Å². The second-order valence-electron chi connectivity index (χ2n) is 6.84. The SMILES string of the molecule is CN1CC(=O)N(Cc2ccc(S(C)(=O)=O)cc2)[C@@H](Cc2ccccc2)C1=O. The number of hydrogen-bond acceptors (Lipinski definition) is 4. The first-order valence-corrected chi connectivity index (χ1v) is 10.5. The lowest BCUT2D eigenvalue weighted by Crippen LogP contribution is -2.59. The molecule has 0 unspecified atom stereocenters. The second-order valence-corrected chi connectivity index (χ2v) is 8.85. The van der Waals surface area contributed by atoms with Gasteiger partial charge in [0.1, 0.15) is 6.04 Å². The molecule has 0 N–H and O–H groups in total. The van der Waals surface area contributed by atoms with Crippen LogP contribution in [0.4, 0.5) is 0 Å². The van der Waals surface area contributed by atoms with Crippen LogP contribution in [-0.2, 0) is 32.4 Å². The third-order valence-corrected chi connectivity index (χ3v) is 5.84. The van der Waals surface area contributed by atoms with Crippen LogP contribution in [0, 0.1) is 0 Å². The van der Waals surface area contributed by atoms with Gasteiger partial charge in [0.2, 0.25) is 11.8 Å². The Hall–Kier alpha value is -2.67. The second kappa shape index (κ2) is 7.52. The lowest BCUT2D eigenvalue weighted by molar-refractivity contribution is -0.155. The van der Waals surface area contributed by atoms with Crippen molar-refractivity contribution in [2.45, 2.75) is 23.9 Å². The average molecular weight is 386 g/mol. The quantitative estimate of drug-likeness (QED) is 0.781. The van der Waals surface area contributed by atoms with Gasteiger partial charge in [-0.1, -0.05) is 42.5 Å². The highest BCUT2D eigenvalue weighted by Gasteiger charge is 2.37. The van der Waals surface area contributed by atoms with Crippen LogP contribution in [0.15, 0.2) is 59.5 Å². The molecule has 7 heteroatoms. The van der Waals surface area contributed by atoms with Crippen molar-refractivity contribution in [3.8, 4) is 0 Å². The minimum absolute atomic E-state index is 0.0472. The van der Waals surface area contributed by atoms with E-state index < -0.39 is 15.9 Å². The maximum atomic E-state index is 12.7. The molecule has 1 aliphatic heterocycles. The van der Waals surface area contributed by atoms with Crippen LogP contribution in [0.5, 0.6) is 0 Å². The molecule has 1 fully saturated rings. The summed E-state index contributed by atoms with van der Waals surface area (Å²) in [6.07, 6.45) is 1.59. The van der Waals surface area contributed by atoms with Gasteiger partial charge in [-0.2, -0.15) is 0 Å². The molecule has 0 spiro atoms. The fourth-order valence-corrected chi connectivity index (χ4v) is 3.84. The van der Waals surface area contributed by atoms with Crippen LogP contribution >= 0.6 is 0 Å². The van der Waals surface area contributed by atoms with Gasteiger partial charge >= 0.3 is 0 Å². The first kappa shape index (κ1) is 19.1. The van der Waals surface area contributed by atoms with Crippen LogP contribution in [-0.4, -0.2) is 55.9 Å². The number of carbonyl (C=O) groups excluding carboxylic acids is 2. The Balaban J connectivity index is 1.85. The van der Waals surface area contributed by atoms with Crippen molar-refractivity contribution < 1.29 is 18.0 Å². The topological polar surface area (TPSA) is 74.8 Å². The molecule has 27 heavy (non-hydrogen) atoms. The van der Waals surface area contributed by atoms with E-state index in [0.29, 0.717) is 6.42 Å². The number of benzene rings is 2. The summed E-state index contributed by atoms with van der Waals surface area (Å²) in [7, 11) is -1.64. The molecule has 0 bridgehead atoms. The zero-order chi connectivity index (χ0) is 19.6. The van der Waals surface area contributed by atoms with Crippen molar-refractivity contribution in [3.63, 3.8) is 0 Å². The van der Waals surface area contributed by atoms with Gasteiger partial charge in [-0.3, -0.25) is 9.59 Å². The average Bonchev–Trinajstić information content (AvgIpc) is 2.63. The summed E-state index contributed by atoms with van der Waals surface area (Å²) in [5.41, 5.74) is 1.77. The van der Waals surface area contributed by atoms with Gasteiger partial charge in [-0.05, 0) is 23.3 Å². The molecule has 2 amide bonds. The summed E-state index contributed by atoms with van der Waals surface area (Å²) in [5, 5.41) is 0. The zero-order valence-electron chi connectivity index (χ0n) is 15.3. The molecule has 0 aromatic heterocycles.